The molecule has 0 aromatic carbocycles. The normalized spacial score (nSPS) is 16.7. The maximum absolute atomic E-state index is 11.3. The minimum absolute atomic E-state index is 0.243. The Morgan fingerprint density at radius 2 is 2.20 bits per heavy atom. The number of aliphatic carboxylic acids is 1. The van der Waals surface area contributed by atoms with Crippen molar-refractivity contribution in [2.75, 3.05) is 25.4 Å². The highest BCUT2D eigenvalue weighted by molar-refractivity contribution is 5.89. The molecule has 2 aromatic heterocycles. The minimum Gasteiger partial charge on any atom is -0.480 e. The number of carboxylic acids is 1. The van der Waals surface area contributed by atoms with Crippen LogP contribution in [0.1, 0.15) is 63.1 Å². The van der Waals surface area contributed by atoms with Gasteiger partial charge in [0, 0.05) is 5.56 Å². The average molecular weight is 415 g/mol. The Balaban J connectivity index is 1.61. The van der Waals surface area contributed by atoms with Gasteiger partial charge in [-0.1, -0.05) is 19.8 Å². The maximum Gasteiger partial charge on any atom is 0.320 e. The van der Waals surface area contributed by atoms with E-state index in [0.29, 0.717) is 29.8 Å². The summed E-state index contributed by atoms with van der Waals surface area (Å²) in [6.45, 7) is 4.26. The summed E-state index contributed by atoms with van der Waals surface area (Å²) >= 11 is 0. The van der Waals surface area contributed by atoms with E-state index in [1.165, 1.54) is 0 Å². The van der Waals surface area contributed by atoms with E-state index in [1.54, 1.807) is 0 Å². The predicted octanol–water partition coefficient (Wildman–Crippen LogP) is 2.85. The van der Waals surface area contributed by atoms with Crippen LogP contribution in [-0.2, 0) is 11.2 Å². The number of hydrogen-bond donors (Lipinski definition) is 3. The van der Waals surface area contributed by atoms with E-state index < -0.39 is 5.97 Å². The number of nitriles is 1. The first kappa shape index (κ1) is 21.8. The number of nitrogen functional groups attached to an aromatic ring is 1. The Hall–Kier alpha value is -2.86. The highest BCUT2D eigenvalue weighted by Crippen LogP contribution is 2.27. The van der Waals surface area contributed by atoms with Crippen molar-refractivity contribution < 1.29 is 14.6 Å². The predicted molar refractivity (Wildman–Crippen MR) is 113 cm³/mol. The van der Waals surface area contributed by atoms with Crippen molar-refractivity contribution in [1.82, 2.24) is 19.9 Å². The lowest BCUT2D eigenvalue weighted by molar-refractivity contribution is -0.142. The topological polar surface area (TPSA) is 141 Å². The Morgan fingerprint density at radius 3 is 2.93 bits per heavy atom. The first-order valence-corrected chi connectivity index (χ1v) is 10.7. The first-order valence-electron chi connectivity index (χ1n) is 10.7. The van der Waals surface area contributed by atoms with Crippen LogP contribution in [0.5, 0.6) is 6.01 Å². The number of anilines is 1. The van der Waals surface area contributed by atoms with Gasteiger partial charge < -0.3 is 20.6 Å². The quantitative estimate of drug-likeness (QED) is 0.477. The van der Waals surface area contributed by atoms with Crippen LogP contribution in [0.3, 0.4) is 0 Å². The molecule has 0 saturated carbocycles. The van der Waals surface area contributed by atoms with Crippen LogP contribution in [0.4, 0.5) is 5.82 Å². The molecule has 162 valence electrons. The Bertz CT molecular complexity index is 920. The molecule has 0 amide bonds. The number of H-pyrrole nitrogens is 1. The van der Waals surface area contributed by atoms with E-state index in [9.17, 15) is 15.2 Å². The molecule has 1 saturated heterocycles. The van der Waals surface area contributed by atoms with Crippen LogP contribution in [0.2, 0.25) is 0 Å². The molecule has 30 heavy (non-hydrogen) atoms. The number of rotatable bonds is 11. The molecule has 1 fully saturated rings. The Morgan fingerprint density at radius 1 is 1.37 bits per heavy atom. The second-order valence-corrected chi connectivity index (χ2v) is 7.75. The standard InChI is InChI=1S/C21H30N6O3/c1-2-3-12-30-21-25-17-14(15(13-22)24-18(17)19(23)26-21)8-5-4-6-10-27-11-7-9-16(27)20(28)29/h16,24H,2-12H2,1H3,(H,28,29)(H2,23,25,26)/t16-/m0/s1. The fraction of sp³-hybridized carbons (Fsp3) is 0.619. The van der Waals surface area contributed by atoms with Crippen LogP contribution in [-0.4, -0.2) is 56.7 Å². The van der Waals surface area contributed by atoms with Gasteiger partial charge in [0.15, 0.2) is 5.82 Å². The number of unbranched alkanes of at least 4 members (excludes halogenated alkanes) is 3. The van der Waals surface area contributed by atoms with Gasteiger partial charge in [0.05, 0.1) is 6.61 Å². The number of fused-ring (bicyclic) bond motifs is 1. The Kier molecular flexibility index (Phi) is 7.46. The molecule has 0 spiro atoms. The fourth-order valence-electron chi connectivity index (χ4n) is 4.00. The lowest BCUT2D eigenvalue weighted by atomic mass is 10.1. The molecule has 0 aliphatic carbocycles. The third kappa shape index (κ3) is 5.00. The van der Waals surface area contributed by atoms with Crippen molar-refractivity contribution >= 4 is 22.8 Å². The van der Waals surface area contributed by atoms with Crippen LogP contribution in [0.15, 0.2) is 0 Å². The summed E-state index contributed by atoms with van der Waals surface area (Å²) in [6, 6.07) is 2.10. The lowest BCUT2D eigenvalue weighted by Gasteiger charge is -2.20. The number of likely N-dealkylation sites (tertiary alicyclic amines) is 1. The van der Waals surface area contributed by atoms with E-state index in [4.69, 9.17) is 10.5 Å². The SMILES string of the molecule is CCCCOc1nc(N)c2[nH]c(C#N)c(CCCCCN3CCC[C@H]3C(=O)O)c2n1. The van der Waals surface area contributed by atoms with E-state index in [0.717, 1.165) is 63.6 Å². The van der Waals surface area contributed by atoms with Crippen LogP contribution >= 0.6 is 0 Å². The summed E-state index contributed by atoms with van der Waals surface area (Å²) in [5.41, 5.74) is 8.58. The van der Waals surface area contributed by atoms with Gasteiger partial charge in [-0.2, -0.15) is 15.2 Å². The molecule has 3 rings (SSSR count). The molecule has 1 atom stereocenters. The van der Waals surface area contributed by atoms with Gasteiger partial charge in [0.2, 0.25) is 0 Å². The van der Waals surface area contributed by atoms with Crippen LogP contribution in [0, 0.1) is 11.3 Å². The summed E-state index contributed by atoms with van der Waals surface area (Å²) in [6.07, 6.45) is 7.04. The van der Waals surface area contributed by atoms with Gasteiger partial charge in [-0.3, -0.25) is 9.69 Å². The third-order valence-corrected chi connectivity index (χ3v) is 5.62. The van der Waals surface area contributed by atoms with Gasteiger partial charge >= 0.3 is 12.0 Å². The monoisotopic (exact) mass is 414 g/mol. The maximum atomic E-state index is 11.3. The molecule has 1 aliphatic rings. The summed E-state index contributed by atoms with van der Waals surface area (Å²) < 4.78 is 5.61. The molecule has 0 radical (unpaired) electrons. The summed E-state index contributed by atoms with van der Waals surface area (Å²) in [4.78, 5) is 25.1. The van der Waals surface area contributed by atoms with Crippen molar-refractivity contribution in [1.29, 1.82) is 5.26 Å². The van der Waals surface area contributed by atoms with Gasteiger partial charge in [-0.15, -0.1) is 0 Å². The Labute approximate surface area is 176 Å². The second-order valence-electron chi connectivity index (χ2n) is 7.75. The molecule has 4 N–H and O–H groups in total. The van der Waals surface area contributed by atoms with Crippen molar-refractivity contribution in [3.63, 3.8) is 0 Å². The van der Waals surface area contributed by atoms with Crippen molar-refractivity contribution in [2.24, 2.45) is 0 Å². The number of aromatic nitrogens is 3. The van der Waals surface area contributed by atoms with Gasteiger partial charge in [-0.25, -0.2) is 0 Å². The fourth-order valence-corrected chi connectivity index (χ4v) is 4.00. The zero-order chi connectivity index (χ0) is 21.5. The van der Waals surface area contributed by atoms with Crippen molar-refractivity contribution in [3.05, 3.63) is 11.3 Å². The minimum atomic E-state index is -0.723. The highest BCUT2D eigenvalue weighted by Gasteiger charge is 2.29. The van der Waals surface area contributed by atoms with E-state index in [-0.39, 0.29) is 17.9 Å². The number of carbonyl (C=O) groups is 1. The highest BCUT2D eigenvalue weighted by atomic mass is 16.5. The molecule has 1 aliphatic heterocycles. The number of carboxylic acid groups (broad SMARTS) is 1. The summed E-state index contributed by atoms with van der Waals surface area (Å²) in [5.74, 6) is -0.442. The third-order valence-electron chi connectivity index (χ3n) is 5.62. The van der Waals surface area contributed by atoms with E-state index in [2.05, 4.69) is 32.8 Å². The second kappa shape index (κ2) is 10.3. The zero-order valence-corrected chi connectivity index (χ0v) is 17.5. The van der Waals surface area contributed by atoms with Crippen molar-refractivity contribution in [3.8, 4) is 12.1 Å². The van der Waals surface area contributed by atoms with Gasteiger partial charge in [0.1, 0.15) is 28.8 Å². The number of nitrogens with one attached hydrogen (secondary N) is 1. The zero-order valence-electron chi connectivity index (χ0n) is 17.5. The number of aryl methyl sites for hydroxylation is 1. The average Bonchev–Trinajstić information content (AvgIpc) is 3.33. The molecule has 0 bridgehead atoms. The lowest BCUT2D eigenvalue weighted by Crippen LogP contribution is -2.36. The van der Waals surface area contributed by atoms with Gasteiger partial charge in [-0.05, 0) is 51.6 Å². The van der Waals surface area contributed by atoms with E-state index in [1.807, 2.05) is 0 Å². The first-order chi connectivity index (χ1) is 14.5. The van der Waals surface area contributed by atoms with E-state index >= 15 is 0 Å². The molecule has 9 nitrogen and oxygen atoms in total. The molecule has 2 aromatic rings. The number of nitrogens with two attached hydrogens (primary N) is 1. The largest absolute Gasteiger partial charge is 0.480 e. The van der Waals surface area contributed by atoms with Crippen LogP contribution < -0.4 is 10.5 Å². The molecule has 9 heteroatoms. The smallest absolute Gasteiger partial charge is 0.320 e. The summed E-state index contributed by atoms with van der Waals surface area (Å²) in [7, 11) is 0. The molecular formula is C21H30N6O3. The number of nitrogens with zero attached hydrogens (tertiary/aromatic N) is 4. The van der Waals surface area contributed by atoms with Crippen LogP contribution in [0.25, 0.3) is 11.0 Å². The number of ether oxygens (including phenoxy) is 1. The van der Waals surface area contributed by atoms with Gasteiger partial charge in [0.25, 0.3) is 0 Å². The molecule has 0 unspecified atom stereocenters. The summed E-state index contributed by atoms with van der Waals surface area (Å²) in [5, 5.41) is 18.8. The number of hydrogen-bond acceptors (Lipinski definition) is 7. The van der Waals surface area contributed by atoms with Crippen molar-refractivity contribution in [2.45, 2.75) is 64.3 Å². The molecular weight excluding hydrogens is 384 g/mol. The molecule has 3 heterocycles. The number of aromatic amines is 1.